The van der Waals surface area contributed by atoms with Gasteiger partial charge in [0, 0.05) is 54.2 Å². The Morgan fingerprint density at radius 3 is 2.70 bits per heavy atom. The minimum atomic E-state index is 0.423. The lowest BCUT2D eigenvalue weighted by atomic mass is 10.0. The van der Waals surface area contributed by atoms with E-state index in [2.05, 4.69) is 65.2 Å². The van der Waals surface area contributed by atoms with Crippen molar-refractivity contribution in [2.75, 3.05) is 5.32 Å². The van der Waals surface area contributed by atoms with Crippen LogP contribution < -0.4 is 16.2 Å². The Hall–Kier alpha value is -4.20. The van der Waals surface area contributed by atoms with Gasteiger partial charge >= 0.3 is 0 Å². The second-order valence-corrected chi connectivity index (χ2v) is 8.19. The Morgan fingerprint density at radius 1 is 1.06 bits per heavy atom. The van der Waals surface area contributed by atoms with E-state index in [4.69, 9.17) is 10.1 Å². The van der Waals surface area contributed by atoms with Gasteiger partial charge in [0.1, 0.15) is 17.3 Å². The third-order valence-electron chi connectivity index (χ3n) is 5.57. The number of anilines is 1. The molecule has 4 aromatic rings. The first-order valence-electron chi connectivity index (χ1n) is 11.1. The molecule has 4 aromatic heterocycles. The van der Waals surface area contributed by atoms with Crippen molar-refractivity contribution >= 4 is 16.9 Å². The van der Waals surface area contributed by atoms with Gasteiger partial charge in [-0.25, -0.2) is 4.98 Å². The number of fused-ring (bicyclic) bond motifs is 1. The van der Waals surface area contributed by atoms with Crippen molar-refractivity contribution in [3.05, 3.63) is 78.8 Å². The fourth-order valence-electron chi connectivity index (χ4n) is 3.72. The lowest BCUT2D eigenvalue weighted by molar-refractivity contribution is 0.662. The number of pyridine rings is 3. The van der Waals surface area contributed by atoms with Gasteiger partial charge in [-0.15, -0.1) is 0 Å². The molecule has 1 aliphatic heterocycles. The summed E-state index contributed by atoms with van der Waals surface area (Å²) in [4.78, 5) is 13.6. The molecule has 8 heteroatoms. The van der Waals surface area contributed by atoms with Crippen molar-refractivity contribution in [1.82, 2.24) is 35.6 Å². The van der Waals surface area contributed by atoms with Crippen molar-refractivity contribution in [2.24, 2.45) is 5.92 Å². The quantitative estimate of drug-likeness (QED) is 0.409. The van der Waals surface area contributed by atoms with Gasteiger partial charge in [0.05, 0.1) is 11.0 Å². The maximum Gasteiger partial charge on any atom is 0.132 e. The second kappa shape index (κ2) is 8.74. The molecule has 0 aliphatic carbocycles. The Kier molecular flexibility index (Phi) is 5.48. The largest absolute Gasteiger partial charge is 0.325 e. The third-order valence-corrected chi connectivity index (χ3v) is 5.57. The lowest BCUT2D eigenvalue weighted by Crippen LogP contribution is -2.33. The van der Waals surface area contributed by atoms with Crippen LogP contribution in [-0.4, -0.2) is 24.7 Å². The van der Waals surface area contributed by atoms with Crippen LogP contribution in [0.2, 0.25) is 0 Å². The van der Waals surface area contributed by atoms with Crippen molar-refractivity contribution in [3.8, 4) is 22.4 Å². The van der Waals surface area contributed by atoms with E-state index < -0.39 is 0 Å². The number of hydrogen-bond donors (Lipinski definition) is 3. The number of aryl methyl sites for hydroxylation is 1. The number of nitrogens with zero attached hydrogens (tertiary/aromatic N) is 5. The molecule has 8 nitrogen and oxygen atoms in total. The van der Waals surface area contributed by atoms with E-state index in [0.29, 0.717) is 5.92 Å². The molecular formula is C25H26N8. The highest BCUT2D eigenvalue weighted by molar-refractivity contribution is 5.86. The number of allylic oxidation sites excluding steroid dienone is 2. The van der Waals surface area contributed by atoms with E-state index >= 15 is 0 Å². The Balaban J connectivity index is 1.51. The number of aromatic nitrogens is 5. The fourth-order valence-corrected chi connectivity index (χ4v) is 3.72. The maximum absolute atomic E-state index is 4.82. The predicted molar refractivity (Wildman–Crippen MR) is 131 cm³/mol. The van der Waals surface area contributed by atoms with Crippen LogP contribution >= 0.6 is 0 Å². The molecule has 0 saturated carbocycles. The maximum atomic E-state index is 4.82. The summed E-state index contributed by atoms with van der Waals surface area (Å²) in [7, 11) is 0. The number of nitrogens with one attached hydrogen (secondary N) is 3. The molecule has 0 bridgehead atoms. The molecule has 0 saturated heterocycles. The van der Waals surface area contributed by atoms with Gasteiger partial charge in [-0.3, -0.25) is 20.1 Å². The van der Waals surface area contributed by atoms with E-state index in [1.165, 1.54) is 5.57 Å². The standard InChI is InChI=1S/C25H26N8/c1-4-33-15-20(25(32-33)17-7-9-26-10-8-17)19-11-22-21(27-13-19)5-6-23(29-22)30-24-12-18(16(2)3)14-28-31-24/h5-16,28,31H,4H2,1-3H3,(H,29,30). The highest BCUT2D eigenvalue weighted by Gasteiger charge is 2.15. The molecule has 0 atom stereocenters. The van der Waals surface area contributed by atoms with Gasteiger partial charge in [0.15, 0.2) is 0 Å². The Labute approximate surface area is 192 Å². The molecule has 33 heavy (non-hydrogen) atoms. The summed E-state index contributed by atoms with van der Waals surface area (Å²) in [5.41, 5.74) is 13.0. The van der Waals surface area contributed by atoms with Crippen LogP contribution in [0.15, 0.2) is 78.8 Å². The number of hydrazine groups is 1. The third kappa shape index (κ3) is 4.27. The minimum Gasteiger partial charge on any atom is -0.325 e. The van der Waals surface area contributed by atoms with Crippen LogP contribution in [0.5, 0.6) is 0 Å². The average Bonchev–Trinajstić information content (AvgIpc) is 3.29. The molecule has 5 rings (SSSR count). The average molecular weight is 439 g/mol. The van der Waals surface area contributed by atoms with Crippen molar-refractivity contribution < 1.29 is 0 Å². The number of hydrogen-bond acceptors (Lipinski definition) is 7. The summed E-state index contributed by atoms with van der Waals surface area (Å²) >= 11 is 0. The zero-order chi connectivity index (χ0) is 22.8. The summed E-state index contributed by atoms with van der Waals surface area (Å²) in [6.07, 6.45) is 11.6. The van der Waals surface area contributed by atoms with E-state index in [-0.39, 0.29) is 0 Å². The smallest absolute Gasteiger partial charge is 0.132 e. The Bertz CT molecular complexity index is 1350. The Morgan fingerprint density at radius 2 is 1.91 bits per heavy atom. The first-order chi connectivity index (χ1) is 16.1. The van der Waals surface area contributed by atoms with Crippen LogP contribution in [0, 0.1) is 5.92 Å². The first-order valence-corrected chi connectivity index (χ1v) is 11.1. The highest BCUT2D eigenvalue weighted by Crippen LogP contribution is 2.32. The normalized spacial score (nSPS) is 13.3. The summed E-state index contributed by atoms with van der Waals surface area (Å²) in [6, 6.07) is 9.92. The first kappa shape index (κ1) is 20.7. The molecule has 0 radical (unpaired) electrons. The van der Waals surface area contributed by atoms with Gasteiger partial charge < -0.3 is 10.7 Å². The molecular weight excluding hydrogens is 412 g/mol. The SMILES string of the molecule is CCn1cc(-c2cnc3ccc(NC4=CC(C(C)C)=CNN4)nc3c2)c(-c2ccncc2)n1. The van der Waals surface area contributed by atoms with E-state index in [1.54, 1.807) is 12.4 Å². The summed E-state index contributed by atoms with van der Waals surface area (Å²) in [6.45, 7) is 7.19. The zero-order valence-electron chi connectivity index (χ0n) is 18.9. The topological polar surface area (TPSA) is 92.6 Å². The van der Waals surface area contributed by atoms with Gasteiger partial charge in [0.25, 0.3) is 0 Å². The molecule has 166 valence electrons. The molecule has 1 aliphatic rings. The van der Waals surface area contributed by atoms with Gasteiger partial charge in [0.2, 0.25) is 0 Å². The fraction of sp³-hybridized carbons (Fsp3) is 0.200. The summed E-state index contributed by atoms with van der Waals surface area (Å²) in [5.74, 6) is 2.01. The van der Waals surface area contributed by atoms with Gasteiger partial charge in [-0.1, -0.05) is 13.8 Å². The molecule has 0 amide bonds. The van der Waals surface area contributed by atoms with Crippen LogP contribution in [0.25, 0.3) is 33.4 Å². The number of rotatable bonds is 6. The van der Waals surface area contributed by atoms with Crippen LogP contribution in [0.3, 0.4) is 0 Å². The van der Waals surface area contributed by atoms with E-state index in [1.807, 2.05) is 41.3 Å². The molecule has 3 N–H and O–H groups in total. The van der Waals surface area contributed by atoms with Crippen LogP contribution in [0.1, 0.15) is 20.8 Å². The van der Waals surface area contributed by atoms with Crippen LogP contribution in [-0.2, 0) is 6.54 Å². The highest BCUT2D eigenvalue weighted by atomic mass is 15.4. The summed E-state index contributed by atoms with van der Waals surface area (Å²) < 4.78 is 1.94. The second-order valence-electron chi connectivity index (χ2n) is 8.19. The van der Waals surface area contributed by atoms with Crippen molar-refractivity contribution in [3.63, 3.8) is 0 Å². The summed E-state index contributed by atoms with van der Waals surface area (Å²) in [5, 5.41) is 8.12. The molecule has 5 heterocycles. The van der Waals surface area contributed by atoms with E-state index in [9.17, 15) is 0 Å². The van der Waals surface area contributed by atoms with Crippen molar-refractivity contribution in [1.29, 1.82) is 0 Å². The molecule has 0 unspecified atom stereocenters. The predicted octanol–water partition coefficient (Wildman–Crippen LogP) is 4.48. The van der Waals surface area contributed by atoms with E-state index in [0.717, 1.165) is 51.6 Å². The molecule has 0 spiro atoms. The van der Waals surface area contributed by atoms with Gasteiger partial charge in [-0.2, -0.15) is 5.10 Å². The molecule has 0 aromatic carbocycles. The van der Waals surface area contributed by atoms with Crippen molar-refractivity contribution in [2.45, 2.75) is 27.3 Å². The zero-order valence-corrected chi connectivity index (χ0v) is 18.9. The van der Waals surface area contributed by atoms with Crippen LogP contribution in [0.4, 0.5) is 5.82 Å². The lowest BCUT2D eigenvalue weighted by Gasteiger charge is -2.20. The monoisotopic (exact) mass is 438 g/mol. The molecule has 0 fully saturated rings. The van der Waals surface area contributed by atoms with Gasteiger partial charge in [-0.05, 0) is 54.8 Å². The minimum absolute atomic E-state index is 0.423.